The van der Waals surface area contributed by atoms with Gasteiger partial charge < -0.3 is 4.74 Å². The minimum atomic E-state index is -0.448. The molecule has 3 aromatic rings. The standard InChI is InChI=1S/C23H21N3O2/c1-4-28-23(27)21-18(16-9-5-14(2)6-10-16)20-22(25-13-24-20)19(26-21)17-11-7-15(3)8-12-17/h5-12H,4,13H2,1-3H3. The highest BCUT2D eigenvalue weighted by Gasteiger charge is 2.23. The van der Waals surface area contributed by atoms with E-state index in [1.165, 1.54) is 0 Å². The number of hydrogen-bond acceptors (Lipinski definition) is 5. The van der Waals surface area contributed by atoms with Crippen LogP contribution in [-0.2, 0) is 4.74 Å². The van der Waals surface area contributed by atoms with Crippen molar-refractivity contribution < 1.29 is 9.53 Å². The van der Waals surface area contributed by atoms with Crippen molar-refractivity contribution in [2.75, 3.05) is 13.3 Å². The maximum Gasteiger partial charge on any atom is 0.357 e. The smallest absolute Gasteiger partial charge is 0.357 e. The van der Waals surface area contributed by atoms with Crippen LogP contribution in [0.15, 0.2) is 58.5 Å². The zero-order valence-corrected chi connectivity index (χ0v) is 16.2. The first-order valence-electron chi connectivity index (χ1n) is 9.32. The highest BCUT2D eigenvalue weighted by atomic mass is 16.5. The van der Waals surface area contributed by atoms with E-state index < -0.39 is 5.97 Å². The van der Waals surface area contributed by atoms with Crippen LogP contribution in [0.1, 0.15) is 28.5 Å². The average molecular weight is 371 g/mol. The fourth-order valence-electron chi connectivity index (χ4n) is 3.30. The first-order valence-corrected chi connectivity index (χ1v) is 9.32. The van der Waals surface area contributed by atoms with E-state index in [0.29, 0.717) is 23.3 Å². The number of benzene rings is 2. The van der Waals surface area contributed by atoms with Crippen LogP contribution in [-0.4, -0.2) is 24.2 Å². The van der Waals surface area contributed by atoms with Crippen LogP contribution in [0.25, 0.3) is 22.4 Å². The lowest BCUT2D eigenvalue weighted by molar-refractivity contribution is 0.0520. The van der Waals surface area contributed by atoms with Gasteiger partial charge in [0.25, 0.3) is 0 Å². The van der Waals surface area contributed by atoms with Crippen molar-refractivity contribution >= 4 is 5.97 Å². The van der Waals surface area contributed by atoms with Gasteiger partial charge in [-0.15, -0.1) is 0 Å². The second-order valence-corrected chi connectivity index (χ2v) is 6.79. The maximum absolute atomic E-state index is 12.8. The third kappa shape index (κ3) is 3.20. The van der Waals surface area contributed by atoms with Crippen LogP contribution in [0.2, 0.25) is 0 Å². The quantitative estimate of drug-likeness (QED) is 0.660. The summed E-state index contributed by atoms with van der Waals surface area (Å²) < 4.78 is 5.31. The van der Waals surface area contributed by atoms with Gasteiger partial charge in [0.05, 0.1) is 17.7 Å². The van der Waals surface area contributed by atoms with Crippen LogP contribution >= 0.6 is 0 Å². The minimum Gasteiger partial charge on any atom is -0.461 e. The lowest BCUT2D eigenvalue weighted by Gasteiger charge is -2.12. The van der Waals surface area contributed by atoms with Crippen LogP contribution in [0, 0.1) is 13.8 Å². The second kappa shape index (κ2) is 7.35. The first kappa shape index (κ1) is 18.0. The van der Waals surface area contributed by atoms with E-state index in [1.54, 1.807) is 6.92 Å². The molecule has 0 saturated carbocycles. The molecule has 1 aliphatic rings. The highest BCUT2D eigenvalue weighted by Crippen LogP contribution is 2.23. The Hall–Kier alpha value is -3.34. The number of aryl methyl sites for hydroxylation is 2. The Balaban J connectivity index is 2.03. The molecular weight excluding hydrogens is 350 g/mol. The van der Waals surface area contributed by atoms with Crippen molar-refractivity contribution in [2.45, 2.75) is 20.8 Å². The largest absolute Gasteiger partial charge is 0.461 e. The van der Waals surface area contributed by atoms with Crippen LogP contribution in [0.5, 0.6) is 0 Å². The van der Waals surface area contributed by atoms with Gasteiger partial charge in [-0.05, 0) is 26.3 Å². The van der Waals surface area contributed by atoms with Gasteiger partial charge in [-0.3, -0.25) is 9.98 Å². The van der Waals surface area contributed by atoms with Gasteiger partial charge in [0.1, 0.15) is 12.0 Å². The molecule has 0 radical (unpaired) electrons. The second-order valence-electron chi connectivity index (χ2n) is 6.79. The molecule has 28 heavy (non-hydrogen) atoms. The predicted octanol–water partition coefficient (Wildman–Crippen LogP) is 3.42. The fourth-order valence-corrected chi connectivity index (χ4v) is 3.30. The fraction of sp³-hybridized carbons (Fsp3) is 0.217. The molecular formula is C23H21N3O2. The Kier molecular flexibility index (Phi) is 4.74. The van der Waals surface area contributed by atoms with Crippen LogP contribution in [0.4, 0.5) is 0 Å². The number of carbonyl (C=O) groups excluding carboxylic acids is 1. The van der Waals surface area contributed by atoms with Crippen molar-refractivity contribution in [1.82, 2.24) is 4.98 Å². The number of esters is 1. The molecule has 0 N–H and O–H groups in total. The molecule has 2 heterocycles. The van der Waals surface area contributed by atoms with E-state index in [9.17, 15) is 4.79 Å². The molecule has 5 nitrogen and oxygen atoms in total. The molecule has 5 heteroatoms. The molecule has 4 rings (SSSR count). The molecule has 0 spiro atoms. The number of nitrogens with zero attached hydrogens (tertiary/aromatic N) is 3. The maximum atomic E-state index is 12.8. The molecule has 0 bridgehead atoms. The number of rotatable bonds is 4. The summed E-state index contributed by atoms with van der Waals surface area (Å²) in [7, 11) is 0. The summed E-state index contributed by atoms with van der Waals surface area (Å²) in [4.78, 5) is 26.7. The number of aromatic nitrogens is 1. The van der Waals surface area contributed by atoms with Gasteiger partial charge in [-0.1, -0.05) is 59.7 Å². The molecule has 1 aromatic heterocycles. The lowest BCUT2D eigenvalue weighted by Crippen LogP contribution is -2.31. The van der Waals surface area contributed by atoms with Gasteiger partial charge in [-0.2, -0.15) is 0 Å². The van der Waals surface area contributed by atoms with Crippen LogP contribution < -0.4 is 10.7 Å². The van der Waals surface area contributed by atoms with Gasteiger partial charge in [0.15, 0.2) is 5.69 Å². The van der Waals surface area contributed by atoms with E-state index in [0.717, 1.165) is 27.6 Å². The van der Waals surface area contributed by atoms with Gasteiger partial charge in [-0.25, -0.2) is 9.78 Å². The predicted molar refractivity (Wildman–Crippen MR) is 108 cm³/mol. The first-order chi connectivity index (χ1) is 13.6. The Labute approximate surface area is 163 Å². The lowest BCUT2D eigenvalue weighted by atomic mass is 9.99. The van der Waals surface area contributed by atoms with E-state index >= 15 is 0 Å². The summed E-state index contributed by atoms with van der Waals surface area (Å²) in [5.74, 6) is -0.448. The summed E-state index contributed by atoms with van der Waals surface area (Å²) in [6.45, 7) is 6.47. The van der Waals surface area contributed by atoms with E-state index in [2.05, 4.69) is 9.98 Å². The molecule has 1 aliphatic heterocycles. The Morgan fingerprint density at radius 3 is 2.07 bits per heavy atom. The van der Waals surface area contributed by atoms with Gasteiger partial charge in [0.2, 0.25) is 0 Å². The number of pyridine rings is 1. The third-order valence-corrected chi connectivity index (χ3v) is 4.74. The SMILES string of the molecule is CCOC(=O)c1nc(-c2ccc(C)cc2)c2c(c1-c1ccc(C)cc1)=NCN=2. The van der Waals surface area contributed by atoms with Crippen molar-refractivity contribution in [1.29, 1.82) is 0 Å². The van der Waals surface area contributed by atoms with Crippen molar-refractivity contribution in [3.05, 3.63) is 76.1 Å². The summed E-state index contributed by atoms with van der Waals surface area (Å²) in [5.41, 5.74) is 5.71. The van der Waals surface area contributed by atoms with Crippen molar-refractivity contribution in [3.63, 3.8) is 0 Å². The topological polar surface area (TPSA) is 63.9 Å². The molecule has 140 valence electrons. The zero-order chi connectivity index (χ0) is 19.7. The number of fused-ring (bicyclic) bond motifs is 1. The van der Waals surface area contributed by atoms with E-state index in [4.69, 9.17) is 9.72 Å². The number of ether oxygens (including phenoxy) is 1. The van der Waals surface area contributed by atoms with Crippen molar-refractivity contribution in [3.8, 4) is 22.4 Å². The normalized spacial score (nSPS) is 12.1. The van der Waals surface area contributed by atoms with Gasteiger partial charge >= 0.3 is 5.97 Å². The highest BCUT2D eigenvalue weighted by molar-refractivity contribution is 5.96. The third-order valence-electron chi connectivity index (χ3n) is 4.74. The Bertz CT molecular complexity index is 1160. The molecule has 0 fully saturated rings. The summed E-state index contributed by atoms with van der Waals surface area (Å²) in [6, 6.07) is 16.0. The van der Waals surface area contributed by atoms with E-state index in [-0.39, 0.29) is 12.3 Å². The molecule has 0 saturated heterocycles. The molecule has 0 aliphatic carbocycles. The summed E-state index contributed by atoms with van der Waals surface area (Å²) >= 11 is 0. The molecule has 0 atom stereocenters. The molecule has 2 aromatic carbocycles. The zero-order valence-electron chi connectivity index (χ0n) is 16.2. The molecule has 0 unspecified atom stereocenters. The van der Waals surface area contributed by atoms with Crippen LogP contribution in [0.3, 0.4) is 0 Å². The van der Waals surface area contributed by atoms with Crippen molar-refractivity contribution in [2.24, 2.45) is 9.98 Å². The summed E-state index contributed by atoms with van der Waals surface area (Å²) in [6.07, 6.45) is 0. The Morgan fingerprint density at radius 2 is 1.46 bits per heavy atom. The summed E-state index contributed by atoms with van der Waals surface area (Å²) in [5, 5.41) is 1.44. The monoisotopic (exact) mass is 371 g/mol. The number of hydrogen-bond donors (Lipinski definition) is 0. The average Bonchev–Trinajstić information content (AvgIpc) is 3.18. The molecule has 0 amide bonds. The van der Waals surface area contributed by atoms with Gasteiger partial charge in [0, 0.05) is 11.1 Å². The number of carbonyl (C=O) groups is 1. The minimum absolute atomic E-state index is 0.279. The van der Waals surface area contributed by atoms with E-state index in [1.807, 2.05) is 62.4 Å². The Morgan fingerprint density at radius 1 is 0.893 bits per heavy atom.